The first-order valence-corrected chi connectivity index (χ1v) is 11.7. The summed E-state index contributed by atoms with van der Waals surface area (Å²) in [5.41, 5.74) is 3.76. The fourth-order valence-electron chi connectivity index (χ4n) is 4.25. The topological polar surface area (TPSA) is 171 Å². The van der Waals surface area contributed by atoms with Crippen molar-refractivity contribution in [2.75, 3.05) is 29.1 Å². The van der Waals surface area contributed by atoms with Crippen LogP contribution in [0.2, 0.25) is 0 Å². The van der Waals surface area contributed by atoms with Crippen LogP contribution in [0.25, 0.3) is 16.7 Å². The Balaban J connectivity index is 1.37. The van der Waals surface area contributed by atoms with Crippen molar-refractivity contribution < 1.29 is 32.7 Å². The molecule has 1 aromatic carbocycles. The highest BCUT2D eigenvalue weighted by atomic mass is 19.3. The molecule has 1 unspecified atom stereocenters. The van der Waals surface area contributed by atoms with E-state index in [2.05, 4.69) is 15.6 Å². The summed E-state index contributed by atoms with van der Waals surface area (Å²) in [5.74, 6) is -1.32. The van der Waals surface area contributed by atoms with Gasteiger partial charge in [0.1, 0.15) is 0 Å². The molecule has 0 radical (unpaired) electrons. The van der Waals surface area contributed by atoms with Crippen LogP contribution < -0.4 is 21.5 Å². The van der Waals surface area contributed by atoms with E-state index < -0.39 is 35.6 Å². The molecule has 204 valence electrons. The van der Waals surface area contributed by atoms with Gasteiger partial charge in [-0.25, -0.2) is 4.68 Å². The number of carbonyl (C=O) groups excluding carboxylic acids is 2. The fraction of sp³-hybridized carbons (Fsp3) is 0.292. The Morgan fingerprint density at radius 1 is 1.26 bits per heavy atom. The van der Waals surface area contributed by atoms with E-state index in [1.807, 2.05) is 0 Å². The largest absolute Gasteiger partial charge is 0.380 e. The molecular weight excluding hydrogens is 520 g/mol. The number of benzene rings is 1. The van der Waals surface area contributed by atoms with Crippen molar-refractivity contribution in [1.29, 1.82) is 0 Å². The van der Waals surface area contributed by atoms with Gasteiger partial charge in [-0.15, -0.1) is 5.10 Å². The summed E-state index contributed by atoms with van der Waals surface area (Å²) in [4.78, 5) is 39.3. The Kier molecular flexibility index (Phi) is 6.40. The van der Waals surface area contributed by atoms with Crippen LogP contribution >= 0.6 is 0 Å². The van der Waals surface area contributed by atoms with Crippen LogP contribution in [-0.4, -0.2) is 61.3 Å². The van der Waals surface area contributed by atoms with Gasteiger partial charge in [0.2, 0.25) is 0 Å². The second-order valence-corrected chi connectivity index (χ2v) is 9.09. The lowest BCUT2D eigenvalue weighted by Crippen LogP contribution is -2.61. The minimum absolute atomic E-state index is 0.0225. The average molecular weight is 543 g/mol. The smallest absolute Gasteiger partial charge is 0.321 e. The number of morpholine rings is 1. The third-order valence-electron chi connectivity index (χ3n) is 6.35. The number of anilines is 3. The number of nitrogen functional groups attached to an aromatic ring is 1. The Morgan fingerprint density at radius 3 is 2.77 bits per heavy atom. The van der Waals surface area contributed by atoms with E-state index in [1.54, 1.807) is 13.0 Å². The zero-order valence-corrected chi connectivity index (χ0v) is 20.7. The first-order chi connectivity index (χ1) is 18.5. The van der Waals surface area contributed by atoms with E-state index in [1.165, 1.54) is 33.8 Å². The fourth-order valence-corrected chi connectivity index (χ4v) is 4.25. The second kappa shape index (κ2) is 9.59. The number of aliphatic hydroxyl groups is 1. The number of ether oxygens (including phenoxy) is 1. The van der Waals surface area contributed by atoms with Crippen molar-refractivity contribution in [3.63, 3.8) is 0 Å². The van der Waals surface area contributed by atoms with Crippen LogP contribution in [0.4, 0.5) is 26.1 Å². The Morgan fingerprint density at radius 2 is 2.03 bits per heavy atom. The number of nitrogens with one attached hydrogen (secondary N) is 1. The summed E-state index contributed by atoms with van der Waals surface area (Å²) >= 11 is 0. The maximum absolute atomic E-state index is 13.4. The lowest BCUT2D eigenvalue weighted by molar-refractivity contribution is -0.165. The molecule has 1 aliphatic heterocycles. The zero-order chi connectivity index (χ0) is 28.1. The van der Waals surface area contributed by atoms with Crippen LogP contribution in [0, 0.1) is 6.92 Å². The van der Waals surface area contributed by atoms with Crippen molar-refractivity contribution in [3.8, 4) is 5.69 Å². The summed E-state index contributed by atoms with van der Waals surface area (Å²) in [7, 11) is 0. The minimum atomic E-state index is -3.04. The third-order valence-corrected chi connectivity index (χ3v) is 6.35. The zero-order valence-electron chi connectivity index (χ0n) is 20.7. The van der Waals surface area contributed by atoms with Gasteiger partial charge in [-0.3, -0.25) is 23.9 Å². The lowest BCUT2D eigenvalue weighted by Gasteiger charge is -2.37. The number of halogens is 2. The second-order valence-electron chi connectivity index (χ2n) is 9.09. The molecule has 1 fully saturated rings. The van der Waals surface area contributed by atoms with Gasteiger partial charge in [0.25, 0.3) is 17.4 Å². The van der Waals surface area contributed by atoms with Gasteiger partial charge >= 0.3 is 6.55 Å². The molecule has 15 heteroatoms. The molecule has 13 nitrogen and oxygen atoms in total. The summed E-state index contributed by atoms with van der Waals surface area (Å²) in [6, 6.07) is 8.44. The number of carbonyl (C=O) groups is 2. The quantitative estimate of drug-likeness (QED) is 0.327. The van der Waals surface area contributed by atoms with Gasteiger partial charge < -0.3 is 25.4 Å². The molecule has 3 aromatic heterocycles. The number of pyridine rings is 1. The van der Waals surface area contributed by atoms with Crippen molar-refractivity contribution >= 4 is 40.1 Å². The number of alkyl halides is 2. The number of nitrogens with zero attached hydrogens (tertiary/aromatic N) is 5. The molecule has 0 bridgehead atoms. The molecule has 2 atom stereocenters. The number of amides is 2. The van der Waals surface area contributed by atoms with Gasteiger partial charge in [0, 0.05) is 35.8 Å². The van der Waals surface area contributed by atoms with Crippen LogP contribution in [0.1, 0.15) is 19.2 Å². The Bertz CT molecular complexity index is 1640. The van der Waals surface area contributed by atoms with Crippen molar-refractivity contribution in [2.24, 2.45) is 0 Å². The molecule has 1 aliphatic rings. The number of hydrogen-bond acceptors (Lipinski definition) is 9. The van der Waals surface area contributed by atoms with E-state index in [9.17, 15) is 28.3 Å². The molecule has 39 heavy (non-hydrogen) atoms. The number of aryl methyl sites for hydroxylation is 1. The summed E-state index contributed by atoms with van der Waals surface area (Å²) in [6.07, 6.45) is -0.623. The number of hydrogen-bond donors (Lipinski definition) is 3. The molecule has 4 N–H and O–H groups in total. The summed E-state index contributed by atoms with van der Waals surface area (Å²) < 4.78 is 38.5. The lowest BCUT2D eigenvalue weighted by atomic mass is 9.95. The van der Waals surface area contributed by atoms with Crippen molar-refractivity contribution in [1.82, 2.24) is 19.5 Å². The molecule has 0 aliphatic carbocycles. The first kappa shape index (κ1) is 26.0. The van der Waals surface area contributed by atoms with E-state index >= 15 is 0 Å². The Hall–Kier alpha value is -4.63. The van der Waals surface area contributed by atoms with Gasteiger partial charge in [-0.1, -0.05) is 5.16 Å². The molecule has 1 saturated heterocycles. The van der Waals surface area contributed by atoms with Gasteiger partial charge in [0.15, 0.2) is 28.9 Å². The molecule has 4 aromatic rings. The van der Waals surface area contributed by atoms with E-state index in [4.69, 9.17) is 15.0 Å². The average Bonchev–Trinajstić information content (AvgIpc) is 3.46. The minimum Gasteiger partial charge on any atom is -0.380 e. The number of rotatable bonds is 6. The molecular formula is C24H23F2N7O6. The SMILES string of the molecule is Cc1cc(N2CCO[C@H](C(C)(O)C(=O)Nc3ccc4c(N)noc4c3)C2=O)nn1-c1ccc(=O)n(C(F)F)c1. The normalized spacial score (nSPS) is 17.5. The van der Waals surface area contributed by atoms with Gasteiger partial charge in [0.05, 0.1) is 24.2 Å². The molecule has 0 spiro atoms. The first-order valence-electron chi connectivity index (χ1n) is 11.7. The van der Waals surface area contributed by atoms with Crippen LogP contribution in [0.3, 0.4) is 0 Å². The maximum atomic E-state index is 13.4. The molecule has 5 rings (SSSR count). The maximum Gasteiger partial charge on any atom is 0.321 e. The number of aromatic nitrogens is 4. The van der Waals surface area contributed by atoms with Gasteiger partial charge in [-0.2, -0.15) is 8.78 Å². The van der Waals surface area contributed by atoms with E-state index in [-0.39, 0.29) is 40.7 Å². The number of fused-ring (bicyclic) bond motifs is 1. The summed E-state index contributed by atoms with van der Waals surface area (Å²) in [5, 5.41) is 22.2. The molecule has 4 heterocycles. The van der Waals surface area contributed by atoms with Crippen molar-refractivity contribution in [3.05, 3.63) is 58.6 Å². The predicted octanol–water partition coefficient (Wildman–Crippen LogP) is 1.58. The van der Waals surface area contributed by atoms with Crippen LogP contribution in [-0.2, 0) is 14.3 Å². The van der Waals surface area contributed by atoms with E-state index in [0.717, 1.165) is 19.2 Å². The third kappa shape index (κ3) is 4.61. The highest BCUT2D eigenvalue weighted by Gasteiger charge is 2.49. The van der Waals surface area contributed by atoms with Crippen molar-refractivity contribution in [2.45, 2.75) is 32.1 Å². The number of nitrogens with two attached hydrogens (primary N) is 1. The summed E-state index contributed by atoms with van der Waals surface area (Å²) in [6.45, 7) is -0.219. The monoisotopic (exact) mass is 543 g/mol. The highest BCUT2D eigenvalue weighted by Crippen LogP contribution is 2.28. The van der Waals surface area contributed by atoms with Crippen LogP contribution in [0.15, 0.2) is 51.9 Å². The standard InChI is InChI=1S/C24H23F2N7O6/c1-12-9-17(29-33(12)14-4-6-18(34)32(11-14)23(25)26)31-7-8-38-19(21(31)35)24(2,37)22(36)28-13-3-5-15-16(10-13)39-30-20(15)27/h3-6,9-11,19,23,37H,7-8H2,1-2H3,(H2,27,30)(H,28,36)/t19-,24?/m0/s1. The molecule has 0 saturated carbocycles. The molecule has 2 amide bonds. The Labute approximate surface area is 218 Å². The highest BCUT2D eigenvalue weighted by molar-refractivity contribution is 6.06. The van der Waals surface area contributed by atoms with E-state index in [0.29, 0.717) is 16.7 Å². The van der Waals surface area contributed by atoms with Gasteiger partial charge in [-0.05, 0) is 32.0 Å². The predicted molar refractivity (Wildman–Crippen MR) is 134 cm³/mol. The van der Waals surface area contributed by atoms with Crippen LogP contribution in [0.5, 0.6) is 0 Å².